The van der Waals surface area contributed by atoms with Crippen molar-refractivity contribution in [2.24, 2.45) is 0 Å². The zero-order chi connectivity index (χ0) is 14.5. The van der Waals surface area contributed by atoms with E-state index < -0.39 is 0 Å². The lowest BCUT2D eigenvalue weighted by Crippen LogP contribution is -1.98. The summed E-state index contributed by atoms with van der Waals surface area (Å²) in [4.78, 5) is 10.8. The quantitative estimate of drug-likeness (QED) is 0.414. The number of halogens is 2. The summed E-state index contributed by atoms with van der Waals surface area (Å²) >= 11 is 9.54. The Labute approximate surface area is 130 Å². The molecule has 0 aliphatic rings. The topological polar surface area (TPSA) is 43.1 Å². The van der Waals surface area contributed by atoms with Crippen LogP contribution in [0.1, 0.15) is 22.4 Å². The van der Waals surface area contributed by atoms with Crippen LogP contribution in [-0.2, 0) is 6.42 Å². The van der Waals surface area contributed by atoms with Gasteiger partial charge in [-0.15, -0.1) is 0 Å². The average Bonchev–Trinajstić information content (AvgIpc) is 2.45. The Morgan fingerprint density at radius 3 is 2.55 bits per heavy atom. The molecule has 104 valence electrons. The smallest absolute Gasteiger partial charge is 0.258 e. The molecule has 0 aromatic heterocycles. The molecule has 0 aliphatic heterocycles. The molecule has 3 nitrogen and oxygen atoms in total. The molecular weight excluding hydrogens is 342 g/mol. The van der Waals surface area contributed by atoms with Gasteiger partial charge >= 0.3 is 0 Å². The predicted molar refractivity (Wildman–Crippen MR) is 84.5 cm³/mol. The van der Waals surface area contributed by atoms with Crippen molar-refractivity contribution in [2.45, 2.75) is 17.7 Å². The van der Waals surface area contributed by atoms with E-state index in [2.05, 4.69) is 15.9 Å². The van der Waals surface area contributed by atoms with Gasteiger partial charge in [0, 0.05) is 21.5 Å². The monoisotopic (exact) mass is 353 g/mol. The summed E-state index contributed by atoms with van der Waals surface area (Å²) in [6.45, 7) is 0. The van der Waals surface area contributed by atoms with E-state index in [1.54, 1.807) is 12.1 Å². The summed E-state index contributed by atoms with van der Waals surface area (Å²) in [7, 11) is 0. The molecule has 0 spiro atoms. The van der Waals surface area contributed by atoms with Gasteiger partial charge in [-0.2, -0.15) is 0 Å². The molecular formula is C15H13BrClNO2. The molecule has 2 rings (SSSR count). The average molecular weight is 355 g/mol. The molecule has 0 aliphatic carbocycles. The van der Waals surface area contributed by atoms with Crippen molar-refractivity contribution in [3.63, 3.8) is 0 Å². The van der Waals surface area contributed by atoms with Crippen LogP contribution in [-0.4, -0.2) is 4.92 Å². The van der Waals surface area contributed by atoms with E-state index >= 15 is 0 Å². The minimum atomic E-state index is -0.364. The fraction of sp³-hybridized carbons (Fsp3) is 0.200. The van der Waals surface area contributed by atoms with Gasteiger partial charge in [-0.3, -0.25) is 10.1 Å². The van der Waals surface area contributed by atoms with E-state index in [-0.39, 0.29) is 15.4 Å². The first-order chi connectivity index (χ1) is 9.58. The second-order valence-electron chi connectivity index (χ2n) is 4.45. The molecule has 0 N–H and O–H groups in total. The summed E-state index contributed by atoms with van der Waals surface area (Å²) in [6, 6.07) is 14.7. The first kappa shape index (κ1) is 15.0. The Balaban J connectivity index is 2.11. The van der Waals surface area contributed by atoms with Gasteiger partial charge in [0.2, 0.25) is 0 Å². The Hall–Kier alpha value is -1.39. The van der Waals surface area contributed by atoms with Crippen molar-refractivity contribution in [3.05, 3.63) is 74.8 Å². The first-order valence-electron chi connectivity index (χ1n) is 6.20. The Bertz CT molecular complexity index is 604. The van der Waals surface area contributed by atoms with Crippen LogP contribution in [0.25, 0.3) is 0 Å². The van der Waals surface area contributed by atoms with Gasteiger partial charge in [-0.1, -0.05) is 57.9 Å². The van der Waals surface area contributed by atoms with E-state index in [0.717, 1.165) is 12.0 Å². The van der Waals surface area contributed by atoms with Gasteiger partial charge in [-0.25, -0.2) is 0 Å². The van der Waals surface area contributed by atoms with E-state index in [9.17, 15) is 10.1 Å². The summed E-state index contributed by atoms with van der Waals surface area (Å²) in [6.07, 6.45) is 1.37. The highest BCUT2D eigenvalue weighted by Gasteiger charge is 2.15. The second-order valence-corrected chi connectivity index (χ2v) is 5.99. The largest absolute Gasteiger partial charge is 0.272 e. The molecule has 1 atom stereocenters. The molecule has 5 heteroatoms. The second kappa shape index (κ2) is 6.86. The van der Waals surface area contributed by atoms with Crippen molar-refractivity contribution in [1.29, 1.82) is 0 Å². The van der Waals surface area contributed by atoms with Gasteiger partial charge in [0.15, 0.2) is 0 Å². The highest BCUT2D eigenvalue weighted by molar-refractivity contribution is 9.09. The third kappa shape index (κ3) is 3.81. The van der Waals surface area contributed by atoms with Crippen molar-refractivity contribution in [2.75, 3.05) is 0 Å². The lowest BCUT2D eigenvalue weighted by Gasteiger charge is -2.10. The summed E-state index contributed by atoms with van der Waals surface area (Å²) in [5.41, 5.74) is 1.96. The summed E-state index contributed by atoms with van der Waals surface area (Å²) in [5.74, 6) is 0. The molecule has 0 radical (unpaired) electrons. The van der Waals surface area contributed by atoms with Crippen LogP contribution in [0.2, 0.25) is 5.02 Å². The van der Waals surface area contributed by atoms with E-state index in [1.807, 2.05) is 30.3 Å². The molecule has 0 saturated carbocycles. The number of nitrogens with zero attached hydrogens (tertiary/aromatic N) is 1. The number of nitro groups is 1. The van der Waals surface area contributed by atoms with Gasteiger partial charge in [0.25, 0.3) is 5.69 Å². The van der Waals surface area contributed by atoms with Crippen LogP contribution in [0.3, 0.4) is 0 Å². The molecule has 2 aromatic carbocycles. The maximum atomic E-state index is 11.0. The molecule has 0 saturated heterocycles. The maximum absolute atomic E-state index is 11.0. The zero-order valence-electron chi connectivity index (χ0n) is 10.6. The number of rotatable bonds is 5. The van der Waals surface area contributed by atoms with Crippen molar-refractivity contribution in [3.8, 4) is 0 Å². The van der Waals surface area contributed by atoms with Gasteiger partial charge in [0.1, 0.15) is 0 Å². The molecule has 2 aromatic rings. The lowest BCUT2D eigenvalue weighted by atomic mass is 10.0. The number of hydrogen-bond acceptors (Lipinski definition) is 2. The molecule has 1 unspecified atom stereocenters. The molecule has 0 bridgehead atoms. The Morgan fingerprint density at radius 2 is 1.90 bits per heavy atom. The minimum Gasteiger partial charge on any atom is -0.258 e. The molecule has 0 amide bonds. The lowest BCUT2D eigenvalue weighted by molar-refractivity contribution is -0.385. The van der Waals surface area contributed by atoms with Crippen LogP contribution in [0.15, 0.2) is 48.5 Å². The SMILES string of the molecule is O=[N+]([O-])c1ccc(Cl)cc1CCC(Br)c1ccccc1. The zero-order valence-corrected chi connectivity index (χ0v) is 13.0. The predicted octanol–water partition coefficient (Wildman–Crippen LogP) is 5.32. The van der Waals surface area contributed by atoms with Crippen molar-refractivity contribution < 1.29 is 4.92 Å². The Kier molecular flexibility index (Phi) is 5.15. The third-order valence-corrected chi connectivity index (χ3v) is 4.29. The van der Waals surface area contributed by atoms with E-state index in [0.29, 0.717) is 17.0 Å². The van der Waals surface area contributed by atoms with Crippen molar-refractivity contribution >= 4 is 33.2 Å². The van der Waals surface area contributed by atoms with Gasteiger partial charge in [0.05, 0.1) is 4.92 Å². The highest BCUT2D eigenvalue weighted by atomic mass is 79.9. The van der Waals surface area contributed by atoms with Crippen molar-refractivity contribution in [1.82, 2.24) is 0 Å². The number of aryl methyl sites for hydroxylation is 1. The van der Waals surface area contributed by atoms with Crippen LogP contribution >= 0.6 is 27.5 Å². The number of alkyl halides is 1. The summed E-state index contributed by atoms with van der Waals surface area (Å²) < 4.78 is 0. The third-order valence-electron chi connectivity index (χ3n) is 3.07. The van der Waals surface area contributed by atoms with E-state index in [1.165, 1.54) is 6.07 Å². The minimum absolute atomic E-state index is 0.127. The fourth-order valence-electron chi connectivity index (χ4n) is 2.04. The van der Waals surface area contributed by atoms with Crippen LogP contribution in [0.5, 0.6) is 0 Å². The van der Waals surface area contributed by atoms with Gasteiger partial charge in [-0.05, 0) is 30.5 Å². The Morgan fingerprint density at radius 1 is 1.20 bits per heavy atom. The normalized spacial score (nSPS) is 12.1. The van der Waals surface area contributed by atoms with Gasteiger partial charge < -0.3 is 0 Å². The van der Waals surface area contributed by atoms with Crippen LogP contribution in [0, 0.1) is 10.1 Å². The fourth-order valence-corrected chi connectivity index (χ4v) is 2.77. The van der Waals surface area contributed by atoms with Crippen LogP contribution < -0.4 is 0 Å². The molecule has 0 fully saturated rings. The highest BCUT2D eigenvalue weighted by Crippen LogP contribution is 2.30. The molecule has 20 heavy (non-hydrogen) atoms. The number of nitro benzene ring substituents is 1. The van der Waals surface area contributed by atoms with Crippen LogP contribution in [0.4, 0.5) is 5.69 Å². The maximum Gasteiger partial charge on any atom is 0.272 e. The standard InChI is InChI=1S/C15H13BrClNO2/c16-14(11-4-2-1-3-5-11)8-6-12-10-13(17)7-9-15(12)18(19)20/h1-5,7,9-10,14H,6,8H2. The summed E-state index contributed by atoms with van der Waals surface area (Å²) in [5, 5.41) is 11.5. The number of hydrogen-bond donors (Lipinski definition) is 0. The molecule has 0 heterocycles. The first-order valence-corrected chi connectivity index (χ1v) is 7.49. The van der Waals surface area contributed by atoms with E-state index in [4.69, 9.17) is 11.6 Å². The number of benzene rings is 2.